The number of β-amino-alcohol motifs (C(OH)–C–C–N with tert-alkyl or cyclic N) is 1. The van der Waals surface area contributed by atoms with Crippen molar-refractivity contribution < 1.29 is 5.11 Å². The van der Waals surface area contributed by atoms with Gasteiger partial charge in [-0.25, -0.2) is 4.68 Å². The SMILES string of the molecule is CC(C)n1cc([C@@]2(O)CCN(CCc3ccccc3)C2)nn1. The third-order valence-corrected chi connectivity index (χ3v) is 4.40. The van der Waals surface area contributed by atoms with Gasteiger partial charge in [-0.2, -0.15) is 0 Å². The number of likely N-dealkylation sites (tertiary alicyclic amines) is 1. The van der Waals surface area contributed by atoms with Crippen LogP contribution in [-0.2, 0) is 12.0 Å². The molecule has 22 heavy (non-hydrogen) atoms. The van der Waals surface area contributed by atoms with Crippen LogP contribution < -0.4 is 0 Å². The lowest BCUT2D eigenvalue weighted by Crippen LogP contribution is -2.32. The molecule has 2 heterocycles. The zero-order valence-corrected chi connectivity index (χ0v) is 13.3. The van der Waals surface area contributed by atoms with Crippen molar-refractivity contribution in [2.45, 2.75) is 38.3 Å². The Morgan fingerprint density at radius 1 is 1.27 bits per heavy atom. The molecular formula is C17H24N4O. The monoisotopic (exact) mass is 300 g/mol. The Morgan fingerprint density at radius 2 is 2.05 bits per heavy atom. The first kappa shape index (κ1) is 15.2. The number of nitrogens with zero attached hydrogens (tertiary/aromatic N) is 4. The molecule has 0 amide bonds. The summed E-state index contributed by atoms with van der Waals surface area (Å²) in [5, 5.41) is 19.2. The molecular weight excluding hydrogens is 276 g/mol. The molecule has 3 rings (SSSR count). The van der Waals surface area contributed by atoms with Gasteiger partial charge in [0.15, 0.2) is 0 Å². The van der Waals surface area contributed by atoms with Crippen molar-refractivity contribution in [1.82, 2.24) is 19.9 Å². The average Bonchev–Trinajstić information content (AvgIpc) is 3.14. The lowest BCUT2D eigenvalue weighted by molar-refractivity contribution is 0.0418. The number of hydrogen-bond acceptors (Lipinski definition) is 4. The average molecular weight is 300 g/mol. The summed E-state index contributed by atoms with van der Waals surface area (Å²) in [6.45, 7) is 6.62. The van der Waals surface area contributed by atoms with Gasteiger partial charge in [0.05, 0.1) is 6.20 Å². The van der Waals surface area contributed by atoms with E-state index in [1.54, 1.807) is 4.68 Å². The summed E-state index contributed by atoms with van der Waals surface area (Å²) in [6, 6.07) is 10.7. The summed E-state index contributed by atoms with van der Waals surface area (Å²) in [4.78, 5) is 2.31. The molecule has 118 valence electrons. The number of rotatable bonds is 5. The van der Waals surface area contributed by atoms with Gasteiger partial charge in [0.1, 0.15) is 11.3 Å². The maximum atomic E-state index is 10.9. The second-order valence-electron chi connectivity index (χ2n) is 6.47. The summed E-state index contributed by atoms with van der Waals surface area (Å²) in [7, 11) is 0. The highest BCUT2D eigenvalue weighted by Gasteiger charge is 2.39. The Bertz CT molecular complexity index is 610. The Balaban J connectivity index is 1.60. The van der Waals surface area contributed by atoms with Gasteiger partial charge in [-0.3, -0.25) is 4.90 Å². The molecule has 0 radical (unpaired) electrons. The van der Waals surface area contributed by atoms with Gasteiger partial charge < -0.3 is 5.11 Å². The number of hydrogen-bond donors (Lipinski definition) is 1. The van der Waals surface area contributed by atoms with Crippen molar-refractivity contribution in [1.29, 1.82) is 0 Å². The van der Waals surface area contributed by atoms with E-state index in [-0.39, 0.29) is 6.04 Å². The predicted octanol–water partition coefficient (Wildman–Crippen LogP) is 1.99. The summed E-state index contributed by atoms with van der Waals surface area (Å²) < 4.78 is 1.81. The molecule has 0 spiro atoms. The molecule has 1 fully saturated rings. The van der Waals surface area contributed by atoms with Crippen molar-refractivity contribution in [2.24, 2.45) is 0 Å². The first-order chi connectivity index (χ1) is 10.6. The van der Waals surface area contributed by atoms with Gasteiger partial charge in [-0.15, -0.1) is 5.10 Å². The quantitative estimate of drug-likeness (QED) is 0.917. The minimum Gasteiger partial charge on any atom is -0.382 e. The summed E-state index contributed by atoms with van der Waals surface area (Å²) >= 11 is 0. The van der Waals surface area contributed by atoms with Crippen LogP contribution in [0.25, 0.3) is 0 Å². The van der Waals surface area contributed by atoms with E-state index in [1.807, 2.05) is 12.3 Å². The second kappa shape index (κ2) is 6.18. The van der Waals surface area contributed by atoms with E-state index in [2.05, 4.69) is 53.3 Å². The third kappa shape index (κ3) is 3.20. The highest BCUT2D eigenvalue weighted by molar-refractivity contribution is 5.16. The van der Waals surface area contributed by atoms with Gasteiger partial charge in [-0.1, -0.05) is 35.5 Å². The predicted molar refractivity (Wildman–Crippen MR) is 85.5 cm³/mol. The molecule has 1 N–H and O–H groups in total. The lowest BCUT2D eigenvalue weighted by Gasteiger charge is -2.21. The van der Waals surface area contributed by atoms with Gasteiger partial charge in [0.25, 0.3) is 0 Å². The van der Waals surface area contributed by atoms with Crippen LogP contribution in [0.4, 0.5) is 0 Å². The molecule has 0 unspecified atom stereocenters. The van der Waals surface area contributed by atoms with Gasteiger partial charge in [-0.05, 0) is 32.3 Å². The van der Waals surface area contributed by atoms with E-state index in [9.17, 15) is 5.11 Å². The molecule has 0 saturated carbocycles. The van der Waals surface area contributed by atoms with Crippen molar-refractivity contribution in [3.63, 3.8) is 0 Å². The highest BCUT2D eigenvalue weighted by atomic mass is 16.3. The van der Waals surface area contributed by atoms with Crippen LogP contribution in [0.15, 0.2) is 36.5 Å². The Labute approximate surface area is 131 Å². The van der Waals surface area contributed by atoms with Crippen LogP contribution in [0.1, 0.15) is 37.6 Å². The van der Waals surface area contributed by atoms with Gasteiger partial charge in [0.2, 0.25) is 0 Å². The second-order valence-corrected chi connectivity index (χ2v) is 6.47. The normalized spacial score (nSPS) is 22.5. The van der Waals surface area contributed by atoms with Crippen molar-refractivity contribution >= 4 is 0 Å². The van der Waals surface area contributed by atoms with Gasteiger partial charge >= 0.3 is 0 Å². The Hall–Kier alpha value is -1.72. The Morgan fingerprint density at radius 3 is 2.73 bits per heavy atom. The van der Waals surface area contributed by atoms with E-state index in [0.717, 1.165) is 25.9 Å². The molecule has 2 aromatic rings. The lowest BCUT2D eigenvalue weighted by atomic mass is 10.00. The van der Waals surface area contributed by atoms with E-state index in [4.69, 9.17) is 0 Å². The molecule has 5 nitrogen and oxygen atoms in total. The molecule has 0 bridgehead atoms. The minimum atomic E-state index is -0.857. The molecule has 1 aromatic carbocycles. The first-order valence-corrected chi connectivity index (χ1v) is 7.98. The first-order valence-electron chi connectivity index (χ1n) is 7.98. The van der Waals surface area contributed by atoms with Crippen LogP contribution in [-0.4, -0.2) is 44.6 Å². The number of aliphatic hydroxyl groups is 1. The fraction of sp³-hybridized carbons (Fsp3) is 0.529. The van der Waals surface area contributed by atoms with Crippen LogP contribution >= 0.6 is 0 Å². The van der Waals surface area contributed by atoms with Crippen LogP contribution in [0.2, 0.25) is 0 Å². The third-order valence-electron chi connectivity index (χ3n) is 4.40. The fourth-order valence-corrected chi connectivity index (χ4v) is 2.95. The van der Waals surface area contributed by atoms with Crippen molar-refractivity contribution in [3.8, 4) is 0 Å². The largest absolute Gasteiger partial charge is 0.382 e. The topological polar surface area (TPSA) is 54.2 Å². The van der Waals surface area contributed by atoms with E-state index in [1.165, 1.54) is 5.56 Å². The molecule has 1 atom stereocenters. The van der Waals surface area contributed by atoms with Gasteiger partial charge in [0, 0.05) is 25.7 Å². The minimum absolute atomic E-state index is 0.264. The maximum absolute atomic E-state index is 10.9. The number of aromatic nitrogens is 3. The maximum Gasteiger partial charge on any atom is 0.124 e. The molecule has 0 aliphatic carbocycles. The molecule has 1 saturated heterocycles. The van der Waals surface area contributed by atoms with Crippen LogP contribution in [0, 0.1) is 0 Å². The van der Waals surface area contributed by atoms with Crippen molar-refractivity contribution in [2.75, 3.05) is 19.6 Å². The fourth-order valence-electron chi connectivity index (χ4n) is 2.95. The molecule has 1 aliphatic rings. The zero-order valence-electron chi connectivity index (χ0n) is 13.3. The van der Waals surface area contributed by atoms with Crippen LogP contribution in [0.5, 0.6) is 0 Å². The molecule has 1 aromatic heterocycles. The Kier molecular flexibility index (Phi) is 4.27. The summed E-state index contributed by atoms with van der Waals surface area (Å²) in [6.07, 6.45) is 3.61. The smallest absolute Gasteiger partial charge is 0.124 e. The highest BCUT2D eigenvalue weighted by Crippen LogP contribution is 2.30. The van der Waals surface area contributed by atoms with E-state index < -0.39 is 5.60 Å². The molecule has 1 aliphatic heterocycles. The standard InChI is InChI=1S/C17H24N4O/c1-14(2)21-12-16(18-19-21)17(22)9-11-20(13-17)10-8-15-6-4-3-5-7-15/h3-7,12,14,22H,8-11,13H2,1-2H3/t17-/m1/s1. The number of benzene rings is 1. The molecule has 5 heteroatoms. The van der Waals surface area contributed by atoms with Crippen LogP contribution in [0.3, 0.4) is 0 Å². The van der Waals surface area contributed by atoms with E-state index in [0.29, 0.717) is 12.2 Å². The zero-order chi connectivity index (χ0) is 15.6. The summed E-state index contributed by atoms with van der Waals surface area (Å²) in [5.74, 6) is 0. The van der Waals surface area contributed by atoms with E-state index >= 15 is 0 Å². The summed E-state index contributed by atoms with van der Waals surface area (Å²) in [5.41, 5.74) is 1.18. The van der Waals surface area contributed by atoms with Crippen molar-refractivity contribution in [3.05, 3.63) is 47.8 Å².